The monoisotopic (exact) mass is 339 g/mol. The first-order chi connectivity index (χ1) is 11.1. The Hall–Kier alpha value is -1.84. The fraction of sp³-hybridized carbons (Fsp3) is 0.500. The number of anilines is 2. The molecule has 2 atom stereocenters. The largest absolute Gasteiger partial charge is 0.444 e. The lowest BCUT2D eigenvalue weighted by Gasteiger charge is -2.18. The van der Waals surface area contributed by atoms with E-state index in [4.69, 9.17) is 9.84 Å². The maximum atomic E-state index is 12.0. The number of amides is 2. The van der Waals surface area contributed by atoms with Crippen LogP contribution in [-0.2, 0) is 9.53 Å². The van der Waals surface area contributed by atoms with Crippen LogP contribution in [0, 0.1) is 0 Å². The third-order valence-corrected chi connectivity index (χ3v) is 4.69. The highest BCUT2D eigenvalue weighted by atomic mass is 32.2. The highest BCUT2D eigenvalue weighted by molar-refractivity contribution is 8.00. The number of nitrogens with zero attached hydrogens (tertiary/aromatic N) is 2. The molecule has 1 unspecified atom stereocenters. The molecular weight excluding hydrogens is 322 g/mol. The molecule has 0 radical (unpaired) electrons. The SMILES string of the molecule is O=C1CSc2ccc(N3CC(CC[C@@H](O)CO)OC3=O)nc2N1. The molecule has 23 heavy (non-hydrogen) atoms. The van der Waals surface area contributed by atoms with E-state index in [1.807, 2.05) is 6.07 Å². The molecule has 9 heteroatoms. The van der Waals surface area contributed by atoms with Crippen molar-refractivity contribution in [2.24, 2.45) is 0 Å². The summed E-state index contributed by atoms with van der Waals surface area (Å²) in [5.41, 5.74) is 0. The van der Waals surface area contributed by atoms with Gasteiger partial charge in [-0.25, -0.2) is 9.78 Å². The fourth-order valence-corrected chi connectivity index (χ4v) is 3.19. The van der Waals surface area contributed by atoms with Gasteiger partial charge in [0.1, 0.15) is 17.7 Å². The molecule has 1 aromatic heterocycles. The van der Waals surface area contributed by atoms with Crippen molar-refractivity contribution in [2.45, 2.75) is 29.9 Å². The van der Waals surface area contributed by atoms with Crippen molar-refractivity contribution in [3.63, 3.8) is 0 Å². The summed E-state index contributed by atoms with van der Waals surface area (Å²) in [6, 6.07) is 3.54. The van der Waals surface area contributed by atoms with E-state index in [2.05, 4.69) is 10.3 Å². The molecule has 1 aromatic rings. The Kier molecular flexibility index (Phi) is 4.69. The Labute approximate surface area is 136 Å². The molecule has 0 saturated carbocycles. The first-order valence-electron chi connectivity index (χ1n) is 7.27. The lowest BCUT2D eigenvalue weighted by molar-refractivity contribution is -0.113. The van der Waals surface area contributed by atoms with Crippen molar-refractivity contribution in [3.8, 4) is 0 Å². The van der Waals surface area contributed by atoms with E-state index in [1.165, 1.54) is 16.7 Å². The van der Waals surface area contributed by atoms with E-state index in [0.717, 1.165) is 4.90 Å². The topological polar surface area (TPSA) is 112 Å². The van der Waals surface area contributed by atoms with Gasteiger partial charge in [-0.15, -0.1) is 11.8 Å². The molecule has 0 spiro atoms. The summed E-state index contributed by atoms with van der Waals surface area (Å²) < 4.78 is 5.25. The number of aliphatic hydroxyl groups is 2. The van der Waals surface area contributed by atoms with Gasteiger partial charge in [0.25, 0.3) is 0 Å². The van der Waals surface area contributed by atoms with E-state index >= 15 is 0 Å². The summed E-state index contributed by atoms with van der Waals surface area (Å²) in [6.45, 7) is 0.0119. The number of nitrogens with one attached hydrogen (secondary N) is 1. The first-order valence-corrected chi connectivity index (χ1v) is 8.26. The Morgan fingerprint density at radius 1 is 1.48 bits per heavy atom. The van der Waals surface area contributed by atoms with Crippen LogP contribution in [0.5, 0.6) is 0 Å². The maximum Gasteiger partial charge on any atom is 0.415 e. The van der Waals surface area contributed by atoms with Gasteiger partial charge >= 0.3 is 6.09 Å². The van der Waals surface area contributed by atoms with Gasteiger partial charge in [-0.1, -0.05) is 0 Å². The number of aliphatic hydroxyl groups excluding tert-OH is 2. The molecule has 1 saturated heterocycles. The average Bonchev–Trinajstić information content (AvgIpc) is 2.92. The smallest absolute Gasteiger partial charge is 0.415 e. The van der Waals surface area contributed by atoms with E-state index < -0.39 is 12.2 Å². The number of pyridine rings is 1. The minimum Gasteiger partial charge on any atom is -0.444 e. The summed E-state index contributed by atoms with van der Waals surface area (Å²) in [5.74, 6) is 1.11. The van der Waals surface area contributed by atoms with Crippen molar-refractivity contribution >= 4 is 35.4 Å². The molecule has 2 aliphatic heterocycles. The highest BCUT2D eigenvalue weighted by Crippen LogP contribution is 2.32. The molecule has 2 amide bonds. The highest BCUT2D eigenvalue weighted by Gasteiger charge is 2.33. The van der Waals surface area contributed by atoms with Crippen LogP contribution in [0.15, 0.2) is 17.0 Å². The van der Waals surface area contributed by atoms with Crippen LogP contribution in [0.4, 0.5) is 16.4 Å². The number of carbonyl (C=O) groups is 2. The molecule has 0 aliphatic carbocycles. The number of hydrogen-bond donors (Lipinski definition) is 3. The normalized spacial score (nSPS) is 21.7. The first kappa shape index (κ1) is 16.0. The number of rotatable bonds is 5. The molecule has 1 fully saturated rings. The summed E-state index contributed by atoms with van der Waals surface area (Å²) in [6.07, 6.45) is -0.855. The van der Waals surface area contributed by atoms with Crippen molar-refractivity contribution < 1.29 is 24.5 Å². The van der Waals surface area contributed by atoms with Gasteiger partial charge in [-0.2, -0.15) is 0 Å². The quantitative estimate of drug-likeness (QED) is 0.719. The van der Waals surface area contributed by atoms with Crippen molar-refractivity contribution in [1.29, 1.82) is 0 Å². The van der Waals surface area contributed by atoms with Crippen LogP contribution in [0.2, 0.25) is 0 Å². The Bertz CT molecular complexity index is 626. The van der Waals surface area contributed by atoms with Crippen molar-refractivity contribution in [1.82, 2.24) is 4.98 Å². The molecule has 8 nitrogen and oxygen atoms in total. The van der Waals surface area contributed by atoms with E-state index in [9.17, 15) is 14.7 Å². The molecule has 2 aliphatic rings. The number of fused-ring (bicyclic) bond motifs is 1. The third kappa shape index (κ3) is 3.57. The van der Waals surface area contributed by atoms with Gasteiger partial charge in [-0.05, 0) is 25.0 Å². The number of hydrogen-bond acceptors (Lipinski definition) is 7. The van der Waals surface area contributed by atoms with Crippen LogP contribution in [0.3, 0.4) is 0 Å². The number of thioether (sulfide) groups is 1. The zero-order chi connectivity index (χ0) is 16.4. The predicted octanol–water partition coefficient (Wildman–Crippen LogP) is 0.584. The summed E-state index contributed by atoms with van der Waals surface area (Å²) in [7, 11) is 0. The lowest BCUT2D eigenvalue weighted by atomic mass is 10.1. The van der Waals surface area contributed by atoms with E-state index in [0.29, 0.717) is 36.8 Å². The van der Waals surface area contributed by atoms with Gasteiger partial charge in [0.2, 0.25) is 5.91 Å². The van der Waals surface area contributed by atoms with Crippen LogP contribution >= 0.6 is 11.8 Å². The summed E-state index contributed by atoms with van der Waals surface area (Å²) >= 11 is 1.40. The van der Waals surface area contributed by atoms with Crippen molar-refractivity contribution in [3.05, 3.63) is 12.1 Å². The second-order valence-corrected chi connectivity index (χ2v) is 6.40. The summed E-state index contributed by atoms with van der Waals surface area (Å²) in [5, 5.41) is 20.9. The van der Waals surface area contributed by atoms with Crippen LogP contribution in [0.1, 0.15) is 12.8 Å². The Balaban J connectivity index is 1.68. The van der Waals surface area contributed by atoms with E-state index in [1.54, 1.807) is 6.07 Å². The number of carbonyl (C=O) groups excluding carboxylic acids is 2. The number of ether oxygens (including phenoxy) is 1. The molecule has 3 N–H and O–H groups in total. The maximum absolute atomic E-state index is 12.0. The Morgan fingerprint density at radius 3 is 3.09 bits per heavy atom. The van der Waals surface area contributed by atoms with Gasteiger partial charge in [-0.3, -0.25) is 9.69 Å². The summed E-state index contributed by atoms with van der Waals surface area (Å²) in [4.78, 5) is 30.0. The van der Waals surface area contributed by atoms with Crippen molar-refractivity contribution in [2.75, 3.05) is 29.1 Å². The van der Waals surface area contributed by atoms with Gasteiger partial charge < -0.3 is 20.3 Å². The molecule has 0 aromatic carbocycles. The molecule has 0 bridgehead atoms. The standard InChI is InChI=1S/C14H17N3O5S/c18-6-8(19)1-2-9-5-17(14(21)22-9)11-4-3-10-13(15-11)16-12(20)7-23-10/h3-4,8-9,18-19H,1-2,5-7H2,(H,15,16,20)/t8-,9?/m1/s1. The number of aromatic nitrogens is 1. The minimum atomic E-state index is -0.808. The Morgan fingerprint density at radius 2 is 2.30 bits per heavy atom. The van der Waals surface area contributed by atoms with Crippen LogP contribution in [0.25, 0.3) is 0 Å². The zero-order valence-electron chi connectivity index (χ0n) is 12.3. The van der Waals surface area contributed by atoms with Gasteiger partial charge in [0.15, 0.2) is 0 Å². The van der Waals surface area contributed by atoms with Crippen LogP contribution < -0.4 is 10.2 Å². The molecule has 124 valence electrons. The molecule has 3 heterocycles. The minimum absolute atomic E-state index is 0.119. The van der Waals surface area contributed by atoms with E-state index in [-0.39, 0.29) is 18.6 Å². The second-order valence-electron chi connectivity index (χ2n) is 5.38. The second kappa shape index (κ2) is 6.73. The van der Waals surface area contributed by atoms with Gasteiger partial charge in [0.05, 0.1) is 29.9 Å². The molecule has 3 rings (SSSR count). The number of cyclic esters (lactones) is 1. The predicted molar refractivity (Wildman–Crippen MR) is 83.5 cm³/mol. The third-order valence-electron chi connectivity index (χ3n) is 3.64. The average molecular weight is 339 g/mol. The fourth-order valence-electron chi connectivity index (χ4n) is 2.43. The van der Waals surface area contributed by atoms with Crippen LogP contribution in [-0.4, -0.2) is 58.3 Å². The zero-order valence-corrected chi connectivity index (χ0v) is 13.1. The lowest BCUT2D eigenvalue weighted by Crippen LogP contribution is -2.27. The molecular formula is C14H17N3O5S. The van der Waals surface area contributed by atoms with Gasteiger partial charge in [0, 0.05) is 0 Å².